The van der Waals surface area contributed by atoms with E-state index in [1.54, 1.807) is 42.3 Å². The van der Waals surface area contributed by atoms with E-state index in [0.29, 0.717) is 11.3 Å². The molecule has 2 rings (SSSR count). The number of carbonyl (C=O) groups is 2. The van der Waals surface area contributed by atoms with Crippen LogP contribution in [0.2, 0.25) is 0 Å². The molecule has 4 nitrogen and oxygen atoms in total. The molecule has 0 spiro atoms. The second-order valence-electron chi connectivity index (χ2n) is 4.89. The Morgan fingerprint density at radius 2 is 1.62 bits per heavy atom. The number of nitrogens with zero attached hydrogens (tertiary/aromatic N) is 1. The van der Waals surface area contributed by atoms with Crippen molar-refractivity contribution in [3.05, 3.63) is 59.7 Å². The average Bonchev–Trinajstić information content (AvgIpc) is 2.47. The average molecular weight is 282 g/mol. The second kappa shape index (κ2) is 6.22. The Bertz CT molecular complexity index is 663. The molecule has 0 radical (unpaired) electrons. The lowest BCUT2D eigenvalue weighted by Gasteiger charge is -2.15. The Balaban J connectivity index is 2.12. The fraction of sp³-hybridized carbons (Fsp3) is 0.176. The number of amides is 2. The molecular weight excluding hydrogens is 264 g/mol. The molecule has 0 aromatic heterocycles. The molecule has 4 heteroatoms. The molecule has 0 saturated carbocycles. The zero-order valence-electron chi connectivity index (χ0n) is 12.4. The Hall–Kier alpha value is -2.62. The maximum atomic E-state index is 12.2. The Morgan fingerprint density at radius 3 is 2.19 bits per heavy atom. The number of aryl methyl sites for hydroxylation is 1. The van der Waals surface area contributed by atoms with Gasteiger partial charge in [0, 0.05) is 30.9 Å². The summed E-state index contributed by atoms with van der Waals surface area (Å²) in [4.78, 5) is 25.0. The fourth-order valence-corrected chi connectivity index (χ4v) is 1.98. The highest BCUT2D eigenvalue weighted by Crippen LogP contribution is 2.18. The molecule has 2 amide bonds. The van der Waals surface area contributed by atoms with Crippen LogP contribution in [0.1, 0.15) is 22.8 Å². The summed E-state index contributed by atoms with van der Waals surface area (Å²) in [7, 11) is 1.71. The maximum absolute atomic E-state index is 12.2. The molecule has 2 aromatic carbocycles. The first-order valence-electron chi connectivity index (χ1n) is 6.70. The summed E-state index contributed by atoms with van der Waals surface area (Å²) in [6.45, 7) is 3.41. The van der Waals surface area contributed by atoms with Crippen molar-refractivity contribution >= 4 is 23.2 Å². The number of anilines is 2. The lowest BCUT2D eigenvalue weighted by Crippen LogP contribution is -2.22. The van der Waals surface area contributed by atoms with Crippen LogP contribution in [0.3, 0.4) is 0 Å². The summed E-state index contributed by atoms with van der Waals surface area (Å²) in [5.41, 5.74) is 3.07. The minimum atomic E-state index is -0.138. The van der Waals surface area contributed by atoms with Gasteiger partial charge in [-0.3, -0.25) is 9.59 Å². The maximum Gasteiger partial charge on any atom is 0.255 e. The van der Waals surface area contributed by atoms with E-state index in [1.807, 2.05) is 25.1 Å². The number of nitrogens with one attached hydrogen (secondary N) is 1. The molecule has 0 heterocycles. The molecule has 0 bridgehead atoms. The van der Waals surface area contributed by atoms with Crippen molar-refractivity contribution in [2.24, 2.45) is 0 Å². The normalized spacial score (nSPS) is 10.0. The monoisotopic (exact) mass is 282 g/mol. The minimum Gasteiger partial charge on any atom is -0.322 e. The smallest absolute Gasteiger partial charge is 0.255 e. The number of rotatable bonds is 3. The third-order valence-corrected chi connectivity index (χ3v) is 3.37. The molecular formula is C17H18N2O2. The fourth-order valence-electron chi connectivity index (χ4n) is 1.98. The van der Waals surface area contributed by atoms with Gasteiger partial charge in [0.05, 0.1) is 0 Å². The summed E-state index contributed by atoms with van der Waals surface area (Å²) in [5.74, 6) is -0.174. The molecule has 0 aliphatic carbocycles. The standard InChI is InChI=1S/C17H18N2O2/c1-12-6-4-5-7-16(12)17(21)18-14-8-10-15(11-9-14)19(3)13(2)20/h4-11H,1-3H3,(H,18,21). The second-order valence-corrected chi connectivity index (χ2v) is 4.89. The highest BCUT2D eigenvalue weighted by molar-refractivity contribution is 6.05. The lowest BCUT2D eigenvalue weighted by molar-refractivity contribution is -0.116. The van der Waals surface area contributed by atoms with Crippen molar-refractivity contribution in [3.63, 3.8) is 0 Å². The highest BCUT2D eigenvalue weighted by Gasteiger charge is 2.09. The number of benzene rings is 2. The van der Waals surface area contributed by atoms with Crippen molar-refractivity contribution in [2.45, 2.75) is 13.8 Å². The first kappa shape index (κ1) is 14.8. The van der Waals surface area contributed by atoms with E-state index in [1.165, 1.54) is 6.92 Å². The van der Waals surface area contributed by atoms with Crippen LogP contribution in [0.15, 0.2) is 48.5 Å². The van der Waals surface area contributed by atoms with Crippen molar-refractivity contribution in [3.8, 4) is 0 Å². The van der Waals surface area contributed by atoms with Gasteiger partial charge in [-0.25, -0.2) is 0 Å². The Kier molecular flexibility index (Phi) is 4.38. The van der Waals surface area contributed by atoms with Crippen molar-refractivity contribution < 1.29 is 9.59 Å². The van der Waals surface area contributed by atoms with Gasteiger partial charge in [0.15, 0.2) is 0 Å². The molecule has 21 heavy (non-hydrogen) atoms. The van der Waals surface area contributed by atoms with Gasteiger partial charge in [0.2, 0.25) is 5.91 Å². The van der Waals surface area contributed by atoms with E-state index in [2.05, 4.69) is 5.32 Å². The van der Waals surface area contributed by atoms with Gasteiger partial charge < -0.3 is 10.2 Å². The zero-order valence-corrected chi connectivity index (χ0v) is 12.4. The van der Waals surface area contributed by atoms with Gasteiger partial charge in [-0.15, -0.1) is 0 Å². The Morgan fingerprint density at radius 1 is 1.00 bits per heavy atom. The summed E-state index contributed by atoms with van der Waals surface area (Å²) >= 11 is 0. The van der Waals surface area contributed by atoms with Crippen LogP contribution in [0.4, 0.5) is 11.4 Å². The number of carbonyl (C=O) groups excluding carboxylic acids is 2. The minimum absolute atomic E-state index is 0.0355. The van der Waals surface area contributed by atoms with Gasteiger partial charge in [0.25, 0.3) is 5.91 Å². The van der Waals surface area contributed by atoms with Crippen LogP contribution < -0.4 is 10.2 Å². The molecule has 2 aromatic rings. The van der Waals surface area contributed by atoms with Gasteiger partial charge in [-0.2, -0.15) is 0 Å². The van der Waals surface area contributed by atoms with Crippen LogP contribution in [-0.2, 0) is 4.79 Å². The highest BCUT2D eigenvalue weighted by atomic mass is 16.2. The molecule has 0 fully saturated rings. The predicted octanol–water partition coefficient (Wildman–Crippen LogP) is 3.23. The van der Waals surface area contributed by atoms with Crippen LogP contribution in [0.25, 0.3) is 0 Å². The van der Waals surface area contributed by atoms with E-state index in [9.17, 15) is 9.59 Å². The van der Waals surface area contributed by atoms with Crippen molar-refractivity contribution in [1.82, 2.24) is 0 Å². The Labute approximate surface area is 124 Å². The van der Waals surface area contributed by atoms with Crippen molar-refractivity contribution in [2.75, 3.05) is 17.3 Å². The van der Waals surface area contributed by atoms with Crippen LogP contribution >= 0.6 is 0 Å². The third kappa shape index (κ3) is 3.48. The van der Waals surface area contributed by atoms with Crippen LogP contribution in [0.5, 0.6) is 0 Å². The predicted molar refractivity (Wildman–Crippen MR) is 84.7 cm³/mol. The molecule has 0 unspecified atom stereocenters. The van der Waals surface area contributed by atoms with Gasteiger partial charge >= 0.3 is 0 Å². The molecule has 108 valence electrons. The van der Waals surface area contributed by atoms with E-state index < -0.39 is 0 Å². The lowest BCUT2D eigenvalue weighted by atomic mass is 10.1. The van der Waals surface area contributed by atoms with E-state index >= 15 is 0 Å². The first-order chi connectivity index (χ1) is 9.99. The SMILES string of the molecule is CC(=O)N(C)c1ccc(NC(=O)c2ccccc2C)cc1. The molecule has 0 saturated heterocycles. The van der Waals surface area contributed by atoms with Gasteiger partial charge in [-0.1, -0.05) is 18.2 Å². The molecule has 0 aliphatic heterocycles. The van der Waals surface area contributed by atoms with E-state index in [-0.39, 0.29) is 11.8 Å². The summed E-state index contributed by atoms with van der Waals surface area (Å²) < 4.78 is 0. The van der Waals surface area contributed by atoms with E-state index in [4.69, 9.17) is 0 Å². The number of hydrogen-bond donors (Lipinski definition) is 1. The van der Waals surface area contributed by atoms with Crippen LogP contribution in [0, 0.1) is 6.92 Å². The number of hydrogen-bond acceptors (Lipinski definition) is 2. The summed E-state index contributed by atoms with van der Waals surface area (Å²) in [6.07, 6.45) is 0. The summed E-state index contributed by atoms with van der Waals surface area (Å²) in [5, 5.41) is 2.85. The summed E-state index contributed by atoms with van der Waals surface area (Å²) in [6, 6.07) is 14.6. The largest absolute Gasteiger partial charge is 0.322 e. The van der Waals surface area contributed by atoms with Gasteiger partial charge in [-0.05, 0) is 42.8 Å². The van der Waals surface area contributed by atoms with E-state index in [0.717, 1.165) is 11.3 Å². The molecule has 1 N–H and O–H groups in total. The first-order valence-corrected chi connectivity index (χ1v) is 6.70. The molecule has 0 atom stereocenters. The zero-order chi connectivity index (χ0) is 15.4. The van der Waals surface area contributed by atoms with Crippen molar-refractivity contribution in [1.29, 1.82) is 0 Å². The van der Waals surface area contributed by atoms with Crippen LogP contribution in [-0.4, -0.2) is 18.9 Å². The quantitative estimate of drug-likeness (QED) is 0.939. The third-order valence-electron chi connectivity index (χ3n) is 3.37. The van der Waals surface area contributed by atoms with Gasteiger partial charge in [0.1, 0.15) is 0 Å². The molecule has 0 aliphatic rings. The topological polar surface area (TPSA) is 49.4 Å².